The fourth-order valence-corrected chi connectivity index (χ4v) is 3.09. The molecule has 19 heavy (non-hydrogen) atoms. The van der Waals surface area contributed by atoms with Gasteiger partial charge in [-0.3, -0.25) is 4.72 Å². The van der Waals surface area contributed by atoms with Crippen LogP contribution in [-0.4, -0.2) is 25.4 Å². The van der Waals surface area contributed by atoms with Crippen molar-refractivity contribution in [2.45, 2.75) is 31.4 Å². The number of benzene rings is 1. The molecule has 1 aromatic carbocycles. The van der Waals surface area contributed by atoms with E-state index in [4.69, 9.17) is 5.11 Å². The Balaban J connectivity index is 2.27. The molecule has 1 saturated carbocycles. The summed E-state index contributed by atoms with van der Waals surface area (Å²) in [5.74, 6) is 5.71. The molecule has 1 aliphatic rings. The van der Waals surface area contributed by atoms with E-state index in [1.54, 1.807) is 6.07 Å². The van der Waals surface area contributed by atoms with Crippen molar-refractivity contribution in [2.24, 2.45) is 0 Å². The average Bonchev–Trinajstić information content (AvgIpc) is 3.17. The van der Waals surface area contributed by atoms with Crippen LogP contribution >= 0.6 is 0 Å². The molecule has 1 aromatic rings. The van der Waals surface area contributed by atoms with Crippen LogP contribution in [0.4, 0.5) is 5.69 Å². The third kappa shape index (κ3) is 3.72. The maximum atomic E-state index is 11.9. The molecule has 0 unspecified atom stereocenters. The molecule has 102 valence electrons. The zero-order chi connectivity index (χ0) is 13.9. The van der Waals surface area contributed by atoms with Gasteiger partial charge in [0.15, 0.2) is 0 Å². The molecule has 2 rings (SSSR count). The van der Waals surface area contributed by atoms with Crippen molar-refractivity contribution in [3.63, 3.8) is 0 Å². The Bertz CT molecular complexity index is 622. The minimum atomic E-state index is -3.27. The summed E-state index contributed by atoms with van der Waals surface area (Å²) in [5.41, 5.74) is 2.18. The number of rotatable bonds is 4. The van der Waals surface area contributed by atoms with Gasteiger partial charge in [0.25, 0.3) is 0 Å². The van der Waals surface area contributed by atoms with Gasteiger partial charge in [-0.2, -0.15) is 0 Å². The standard InChI is InChI=1S/C14H17NO3S/c1-11-5-8-14(12(10-11)4-2-3-9-16)15-19(17,18)13-6-7-13/h5,8,10,13,15-16H,3,6-7,9H2,1H3. The Kier molecular flexibility index (Phi) is 4.13. The highest BCUT2D eigenvalue weighted by atomic mass is 32.2. The lowest BCUT2D eigenvalue weighted by Crippen LogP contribution is -2.18. The van der Waals surface area contributed by atoms with Gasteiger partial charge in [-0.05, 0) is 37.5 Å². The van der Waals surface area contributed by atoms with E-state index in [2.05, 4.69) is 16.6 Å². The highest BCUT2D eigenvalue weighted by Gasteiger charge is 2.35. The lowest BCUT2D eigenvalue weighted by Gasteiger charge is -2.09. The zero-order valence-electron chi connectivity index (χ0n) is 10.8. The zero-order valence-corrected chi connectivity index (χ0v) is 11.6. The van der Waals surface area contributed by atoms with E-state index in [1.807, 2.05) is 19.1 Å². The van der Waals surface area contributed by atoms with Crippen molar-refractivity contribution < 1.29 is 13.5 Å². The fourth-order valence-electron chi connectivity index (χ4n) is 1.68. The lowest BCUT2D eigenvalue weighted by atomic mass is 10.1. The Morgan fingerprint density at radius 2 is 2.16 bits per heavy atom. The molecule has 5 heteroatoms. The summed E-state index contributed by atoms with van der Waals surface area (Å²) in [7, 11) is -3.27. The van der Waals surface area contributed by atoms with Crippen LogP contribution in [0.2, 0.25) is 0 Å². The third-order valence-electron chi connectivity index (χ3n) is 2.85. The van der Waals surface area contributed by atoms with Gasteiger partial charge >= 0.3 is 0 Å². The molecule has 0 bridgehead atoms. The molecule has 0 saturated heterocycles. The number of aliphatic hydroxyl groups is 1. The smallest absolute Gasteiger partial charge is 0.235 e. The van der Waals surface area contributed by atoms with E-state index in [9.17, 15) is 8.42 Å². The first kappa shape index (κ1) is 13.9. The fraction of sp³-hybridized carbons (Fsp3) is 0.429. The Morgan fingerprint density at radius 1 is 1.42 bits per heavy atom. The summed E-state index contributed by atoms with van der Waals surface area (Å²) in [6, 6.07) is 5.43. The number of aryl methyl sites for hydroxylation is 1. The maximum absolute atomic E-state index is 11.9. The van der Waals surface area contributed by atoms with E-state index in [-0.39, 0.29) is 11.9 Å². The lowest BCUT2D eigenvalue weighted by molar-refractivity contribution is 0.305. The highest BCUT2D eigenvalue weighted by Crippen LogP contribution is 2.30. The highest BCUT2D eigenvalue weighted by molar-refractivity contribution is 7.93. The van der Waals surface area contributed by atoms with E-state index in [0.29, 0.717) is 17.7 Å². The molecule has 0 aromatic heterocycles. The molecule has 0 amide bonds. The second-order valence-corrected chi connectivity index (χ2v) is 6.63. The van der Waals surface area contributed by atoms with Gasteiger partial charge in [-0.25, -0.2) is 8.42 Å². The Morgan fingerprint density at radius 3 is 2.79 bits per heavy atom. The summed E-state index contributed by atoms with van der Waals surface area (Å²) in [6.07, 6.45) is 1.84. The van der Waals surface area contributed by atoms with Crippen molar-refractivity contribution in [3.8, 4) is 11.8 Å². The maximum Gasteiger partial charge on any atom is 0.235 e. The van der Waals surface area contributed by atoms with E-state index in [1.165, 1.54) is 0 Å². The monoisotopic (exact) mass is 279 g/mol. The minimum absolute atomic E-state index is 0.00193. The van der Waals surface area contributed by atoms with E-state index in [0.717, 1.165) is 18.4 Å². The van der Waals surface area contributed by atoms with Crippen molar-refractivity contribution in [1.82, 2.24) is 0 Å². The largest absolute Gasteiger partial charge is 0.395 e. The Hall–Kier alpha value is -1.51. The van der Waals surface area contributed by atoms with Crippen LogP contribution < -0.4 is 4.72 Å². The first-order valence-electron chi connectivity index (χ1n) is 6.25. The van der Waals surface area contributed by atoms with Crippen LogP contribution in [-0.2, 0) is 10.0 Å². The molecule has 1 aliphatic carbocycles. The molecule has 1 fully saturated rings. The van der Waals surface area contributed by atoms with Gasteiger partial charge in [-0.15, -0.1) is 0 Å². The predicted molar refractivity (Wildman–Crippen MR) is 75.3 cm³/mol. The van der Waals surface area contributed by atoms with Crippen LogP contribution in [0.25, 0.3) is 0 Å². The second kappa shape index (κ2) is 5.64. The van der Waals surface area contributed by atoms with Crippen LogP contribution in [0, 0.1) is 18.8 Å². The molecular weight excluding hydrogens is 262 g/mol. The van der Waals surface area contributed by atoms with Gasteiger partial charge in [0.1, 0.15) is 0 Å². The molecule has 0 spiro atoms. The summed E-state index contributed by atoms with van der Waals surface area (Å²) in [4.78, 5) is 0. The van der Waals surface area contributed by atoms with Crippen molar-refractivity contribution in [1.29, 1.82) is 0 Å². The second-order valence-electron chi connectivity index (χ2n) is 4.67. The van der Waals surface area contributed by atoms with Crippen molar-refractivity contribution in [3.05, 3.63) is 29.3 Å². The first-order valence-corrected chi connectivity index (χ1v) is 7.79. The Labute approximate surface area is 113 Å². The van der Waals surface area contributed by atoms with E-state index < -0.39 is 10.0 Å². The molecule has 4 nitrogen and oxygen atoms in total. The molecule has 2 N–H and O–H groups in total. The molecular formula is C14H17NO3S. The van der Waals surface area contributed by atoms with E-state index >= 15 is 0 Å². The van der Waals surface area contributed by atoms with Crippen molar-refractivity contribution in [2.75, 3.05) is 11.3 Å². The van der Waals surface area contributed by atoms with Crippen molar-refractivity contribution >= 4 is 15.7 Å². The number of aliphatic hydroxyl groups excluding tert-OH is 1. The topological polar surface area (TPSA) is 66.4 Å². The van der Waals surface area contributed by atoms with Crippen LogP contribution in [0.3, 0.4) is 0 Å². The van der Waals surface area contributed by atoms with Crippen LogP contribution in [0.1, 0.15) is 30.4 Å². The summed E-state index contributed by atoms with van der Waals surface area (Å²) in [6.45, 7) is 1.93. The number of hydrogen-bond donors (Lipinski definition) is 2. The average molecular weight is 279 g/mol. The first-order chi connectivity index (χ1) is 9.03. The SMILES string of the molecule is Cc1ccc(NS(=O)(=O)C2CC2)c(C#CCCO)c1. The summed E-state index contributed by atoms with van der Waals surface area (Å²) in [5, 5.41) is 8.46. The van der Waals surface area contributed by atoms with Gasteiger partial charge in [-0.1, -0.05) is 17.9 Å². The number of sulfonamides is 1. The number of anilines is 1. The molecule has 0 heterocycles. The van der Waals surface area contributed by atoms with Gasteiger partial charge in [0.05, 0.1) is 17.5 Å². The van der Waals surface area contributed by atoms with Gasteiger partial charge < -0.3 is 5.11 Å². The number of nitrogens with one attached hydrogen (secondary N) is 1. The van der Waals surface area contributed by atoms with Crippen LogP contribution in [0.5, 0.6) is 0 Å². The quantitative estimate of drug-likeness (QED) is 0.823. The summed E-state index contributed by atoms with van der Waals surface area (Å²) < 4.78 is 26.5. The predicted octanol–water partition coefficient (Wildman–Crippen LogP) is 1.63. The number of hydrogen-bond acceptors (Lipinski definition) is 3. The van der Waals surface area contributed by atoms with Crippen LogP contribution in [0.15, 0.2) is 18.2 Å². The molecule has 0 aliphatic heterocycles. The van der Waals surface area contributed by atoms with Gasteiger partial charge in [0, 0.05) is 12.0 Å². The normalized spacial score (nSPS) is 14.6. The third-order valence-corrected chi connectivity index (χ3v) is 4.70. The molecule has 0 atom stereocenters. The minimum Gasteiger partial charge on any atom is -0.395 e. The summed E-state index contributed by atoms with van der Waals surface area (Å²) >= 11 is 0. The van der Waals surface area contributed by atoms with Gasteiger partial charge in [0.2, 0.25) is 10.0 Å². The molecule has 0 radical (unpaired) electrons.